The van der Waals surface area contributed by atoms with Crippen molar-refractivity contribution in [3.63, 3.8) is 0 Å². The van der Waals surface area contributed by atoms with E-state index in [4.69, 9.17) is 4.74 Å². The number of ether oxygens (including phenoxy) is 1. The number of nitriles is 1. The van der Waals surface area contributed by atoms with E-state index in [1.807, 2.05) is 37.3 Å². The van der Waals surface area contributed by atoms with Gasteiger partial charge in [0.1, 0.15) is 5.69 Å². The second-order valence-corrected chi connectivity index (χ2v) is 7.89. The highest BCUT2D eigenvalue weighted by Gasteiger charge is 2.26. The molecule has 0 aliphatic heterocycles. The molecule has 3 aromatic rings. The van der Waals surface area contributed by atoms with Crippen LogP contribution in [0, 0.1) is 21.4 Å². The number of hydrogen-bond donors (Lipinski definition) is 0. The maximum atomic E-state index is 13.2. The van der Waals surface area contributed by atoms with Crippen LogP contribution < -0.4 is 4.90 Å². The number of amides is 1. The molecule has 3 aromatic carbocycles. The van der Waals surface area contributed by atoms with Crippen molar-refractivity contribution in [1.82, 2.24) is 0 Å². The van der Waals surface area contributed by atoms with Gasteiger partial charge in [-0.1, -0.05) is 55.8 Å². The molecule has 0 saturated carbocycles. The molecule has 8 heteroatoms. The molecule has 0 radical (unpaired) electrons. The first-order valence-electron chi connectivity index (χ1n) is 11.1. The number of benzene rings is 3. The van der Waals surface area contributed by atoms with Gasteiger partial charge in [-0.25, -0.2) is 4.79 Å². The molecule has 0 unspecified atom stereocenters. The molecular weight excluding hydrogens is 446 g/mol. The standard InChI is InChI=1S/C27H25N3O5/c1-3-4-10-26(31)29(25-16-21(27(32)35-2)12-14-24(25)30(33)34)18-19-11-13-23(22(15-19)17-28)20-8-6-5-7-9-20/h5-9,11-16H,3-4,10,18H2,1-2H3. The minimum atomic E-state index is -0.666. The summed E-state index contributed by atoms with van der Waals surface area (Å²) in [5.41, 5.74) is 2.48. The molecule has 3 rings (SSSR count). The van der Waals surface area contributed by atoms with Gasteiger partial charge in [0.05, 0.1) is 35.8 Å². The third kappa shape index (κ3) is 5.89. The van der Waals surface area contributed by atoms with E-state index in [9.17, 15) is 25.0 Å². The predicted molar refractivity (Wildman–Crippen MR) is 132 cm³/mol. The van der Waals surface area contributed by atoms with Crippen molar-refractivity contribution < 1.29 is 19.2 Å². The fraction of sp³-hybridized carbons (Fsp3) is 0.222. The van der Waals surface area contributed by atoms with Crippen LogP contribution >= 0.6 is 0 Å². The Bertz CT molecular complexity index is 1280. The molecule has 0 aliphatic carbocycles. The molecule has 0 N–H and O–H groups in total. The molecule has 0 atom stereocenters. The van der Waals surface area contributed by atoms with Gasteiger partial charge in [0.15, 0.2) is 0 Å². The SMILES string of the molecule is CCCCC(=O)N(Cc1ccc(-c2ccccc2)c(C#N)c1)c1cc(C(=O)OC)ccc1[N+](=O)[O-]. The highest BCUT2D eigenvalue weighted by atomic mass is 16.6. The Kier molecular flexibility index (Phi) is 8.30. The summed E-state index contributed by atoms with van der Waals surface area (Å²) in [6.45, 7) is 1.94. The molecule has 0 saturated heterocycles. The lowest BCUT2D eigenvalue weighted by Crippen LogP contribution is -2.31. The number of hydrogen-bond acceptors (Lipinski definition) is 6. The van der Waals surface area contributed by atoms with E-state index in [0.717, 1.165) is 17.5 Å². The largest absolute Gasteiger partial charge is 0.465 e. The zero-order chi connectivity index (χ0) is 25.4. The molecule has 8 nitrogen and oxygen atoms in total. The number of nitro benzene ring substituents is 1. The Morgan fingerprint density at radius 3 is 2.46 bits per heavy atom. The van der Waals surface area contributed by atoms with Crippen molar-refractivity contribution in [2.75, 3.05) is 12.0 Å². The summed E-state index contributed by atoms with van der Waals surface area (Å²) >= 11 is 0. The number of carbonyl (C=O) groups is 2. The lowest BCUT2D eigenvalue weighted by atomic mass is 9.98. The summed E-state index contributed by atoms with van der Waals surface area (Å²) in [6.07, 6.45) is 1.56. The molecule has 0 heterocycles. The Morgan fingerprint density at radius 1 is 1.09 bits per heavy atom. The summed E-state index contributed by atoms with van der Waals surface area (Å²) in [5, 5.41) is 21.5. The van der Waals surface area contributed by atoms with Crippen LogP contribution in [0.25, 0.3) is 11.1 Å². The number of rotatable bonds is 9. The first-order valence-corrected chi connectivity index (χ1v) is 11.1. The third-order valence-corrected chi connectivity index (χ3v) is 5.56. The van der Waals surface area contributed by atoms with Crippen LogP contribution in [0.2, 0.25) is 0 Å². The Hall–Kier alpha value is -4.51. The van der Waals surface area contributed by atoms with Gasteiger partial charge >= 0.3 is 5.97 Å². The fourth-order valence-electron chi connectivity index (χ4n) is 3.74. The predicted octanol–water partition coefficient (Wildman–Crippen LogP) is 5.64. The van der Waals surface area contributed by atoms with Gasteiger partial charge in [-0.05, 0) is 41.3 Å². The van der Waals surface area contributed by atoms with Crippen LogP contribution in [0.1, 0.15) is 47.7 Å². The summed E-state index contributed by atoms with van der Waals surface area (Å²) in [5.74, 6) is -0.983. The summed E-state index contributed by atoms with van der Waals surface area (Å²) in [6, 6.07) is 20.7. The van der Waals surface area contributed by atoms with Crippen LogP contribution in [-0.2, 0) is 16.1 Å². The Labute approximate surface area is 203 Å². The van der Waals surface area contributed by atoms with Gasteiger partial charge < -0.3 is 9.64 Å². The topological polar surface area (TPSA) is 114 Å². The lowest BCUT2D eigenvalue weighted by Gasteiger charge is -2.24. The molecule has 0 aromatic heterocycles. The van der Waals surface area contributed by atoms with Crippen molar-refractivity contribution in [3.8, 4) is 17.2 Å². The molecule has 0 fully saturated rings. The summed E-state index contributed by atoms with van der Waals surface area (Å²) in [4.78, 5) is 37.8. The van der Waals surface area contributed by atoms with Crippen LogP contribution in [-0.4, -0.2) is 23.9 Å². The number of nitrogens with zero attached hydrogens (tertiary/aromatic N) is 3. The molecule has 178 valence electrons. The van der Waals surface area contributed by atoms with Gasteiger partial charge in [-0.15, -0.1) is 0 Å². The Balaban J connectivity index is 2.08. The van der Waals surface area contributed by atoms with E-state index in [1.54, 1.807) is 18.2 Å². The van der Waals surface area contributed by atoms with Gasteiger partial charge in [0.2, 0.25) is 5.91 Å². The number of anilines is 1. The van der Waals surface area contributed by atoms with E-state index < -0.39 is 10.9 Å². The minimum absolute atomic E-state index is 0.00222. The first kappa shape index (κ1) is 25.1. The number of methoxy groups -OCH3 is 1. The molecule has 0 bridgehead atoms. The number of unbranched alkanes of at least 4 members (excludes halogenated alkanes) is 1. The van der Waals surface area contributed by atoms with E-state index in [-0.39, 0.29) is 35.8 Å². The van der Waals surface area contributed by atoms with Gasteiger partial charge in [0, 0.05) is 12.5 Å². The second kappa shape index (κ2) is 11.6. The highest BCUT2D eigenvalue weighted by Crippen LogP contribution is 2.33. The lowest BCUT2D eigenvalue weighted by molar-refractivity contribution is -0.384. The average Bonchev–Trinajstić information content (AvgIpc) is 2.89. The quantitative estimate of drug-likeness (QED) is 0.227. The second-order valence-electron chi connectivity index (χ2n) is 7.89. The zero-order valence-corrected chi connectivity index (χ0v) is 19.6. The van der Waals surface area contributed by atoms with Crippen LogP contribution in [0.15, 0.2) is 66.7 Å². The maximum Gasteiger partial charge on any atom is 0.337 e. The van der Waals surface area contributed by atoms with E-state index in [2.05, 4.69) is 6.07 Å². The number of esters is 1. The van der Waals surface area contributed by atoms with Gasteiger partial charge in [-0.3, -0.25) is 14.9 Å². The van der Waals surface area contributed by atoms with E-state index in [1.165, 1.54) is 30.2 Å². The van der Waals surface area contributed by atoms with Crippen molar-refractivity contribution in [1.29, 1.82) is 5.26 Å². The smallest absolute Gasteiger partial charge is 0.337 e. The van der Waals surface area contributed by atoms with Crippen molar-refractivity contribution >= 4 is 23.3 Å². The highest BCUT2D eigenvalue weighted by molar-refractivity contribution is 5.98. The monoisotopic (exact) mass is 471 g/mol. The van der Waals surface area contributed by atoms with Crippen molar-refractivity contribution in [2.24, 2.45) is 0 Å². The normalized spacial score (nSPS) is 10.3. The fourth-order valence-corrected chi connectivity index (χ4v) is 3.74. The van der Waals surface area contributed by atoms with E-state index >= 15 is 0 Å². The Morgan fingerprint density at radius 2 is 1.83 bits per heavy atom. The third-order valence-electron chi connectivity index (χ3n) is 5.56. The van der Waals surface area contributed by atoms with E-state index in [0.29, 0.717) is 17.5 Å². The molecule has 0 aliphatic rings. The van der Waals surface area contributed by atoms with Crippen molar-refractivity contribution in [3.05, 3.63) is 93.5 Å². The first-order chi connectivity index (χ1) is 16.9. The average molecular weight is 472 g/mol. The molecule has 1 amide bonds. The summed E-state index contributed by atoms with van der Waals surface area (Å²) < 4.78 is 4.75. The zero-order valence-electron chi connectivity index (χ0n) is 19.6. The molecule has 0 spiro atoms. The van der Waals surface area contributed by atoms with Crippen LogP contribution in [0.4, 0.5) is 11.4 Å². The van der Waals surface area contributed by atoms with Crippen LogP contribution in [0.5, 0.6) is 0 Å². The van der Waals surface area contributed by atoms with Gasteiger partial charge in [0.25, 0.3) is 5.69 Å². The number of carbonyl (C=O) groups excluding carboxylic acids is 2. The number of nitro groups is 1. The van der Waals surface area contributed by atoms with Gasteiger partial charge in [-0.2, -0.15) is 5.26 Å². The molecule has 35 heavy (non-hydrogen) atoms. The minimum Gasteiger partial charge on any atom is -0.465 e. The van der Waals surface area contributed by atoms with Crippen LogP contribution in [0.3, 0.4) is 0 Å². The molecular formula is C27H25N3O5. The summed E-state index contributed by atoms with van der Waals surface area (Å²) in [7, 11) is 1.21. The van der Waals surface area contributed by atoms with Crippen molar-refractivity contribution in [2.45, 2.75) is 32.7 Å². The maximum absolute atomic E-state index is 13.2.